The Bertz CT molecular complexity index is 547. The van der Waals surface area contributed by atoms with Crippen LogP contribution in [-0.4, -0.2) is 14.8 Å². The summed E-state index contributed by atoms with van der Waals surface area (Å²) in [5, 5.41) is 4.26. The third-order valence-electron chi connectivity index (χ3n) is 3.05. The van der Waals surface area contributed by atoms with Crippen LogP contribution in [0.15, 0.2) is 36.9 Å². The fourth-order valence-electron chi connectivity index (χ4n) is 2.24. The molecule has 2 aromatic rings. The SMILES string of the molecule is C=Cc1nc2n(n1)C(c1ccccc1)CC2F. The highest BCUT2D eigenvalue weighted by molar-refractivity contribution is 5.36. The molecule has 2 unspecified atom stereocenters. The Morgan fingerprint density at radius 3 is 2.82 bits per heavy atom. The standard InChI is InChI=1S/C13H12FN3/c1-2-12-15-13-10(14)8-11(17(13)16-12)9-6-4-3-5-7-9/h2-7,10-11H,1,8H2. The molecule has 0 N–H and O–H groups in total. The van der Waals surface area contributed by atoms with Crippen molar-refractivity contribution in [1.29, 1.82) is 0 Å². The monoisotopic (exact) mass is 229 g/mol. The average molecular weight is 229 g/mol. The van der Waals surface area contributed by atoms with Crippen molar-refractivity contribution < 1.29 is 4.39 Å². The summed E-state index contributed by atoms with van der Waals surface area (Å²) >= 11 is 0. The Morgan fingerprint density at radius 1 is 1.35 bits per heavy atom. The van der Waals surface area contributed by atoms with E-state index in [1.165, 1.54) is 0 Å². The summed E-state index contributed by atoms with van der Waals surface area (Å²) in [6, 6.07) is 9.77. The minimum absolute atomic E-state index is 0.0533. The molecule has 1 aliphatic rings. The van der Waals surface area contributed by atoms with Crippen molar-refractivity contribution in [3.63, 3.8) is 0 Å². The molecule has 3 nitrogen and oxygen atoms in total. The molecule has 1 aromatic heterocycles. The molecule has 86 valence electrons. The lowest BCUT2D eigenvalue weighted by atomic mass is 10.0. The lowest BCUT2D eigenvalue weighted by molar-refractivity contribution is 0.328. The quantitative estimate of drug-likeness (QED) is 0.792. The zero-order valence-electron chi connectivity index (χ0n) is 9.25. The molecule has 3 rings (SSSR count). The first kappa shape index (κ1) is 10.2. The molecule has 2 heterocycles. The van der Waals surface area contributed by atoms with Crippen LogP contribution in [0.3, 0.4) is 0 Å². The lowest BCUT2D eigenvalue weighted by Gasteiger charge is -2.10. The van der Waals surface area contributed by atoms with Gasteiger partial charge in [0, 0.05) is 6.42 Å². The average Bonchev–Trinajstić information content (AvgIpc) is 2.91. The summed E-state index contributed by atoms with van der Waals surface area (Å²) in [7, 11) is 0. The fraction of sp³-hybridized carbons (Fsp3) is 0.231. The highest BCUT2D eigenvalue weighted by Crippen LogP contribution is 2.39. The van der Waals surface area contributed by atoms with E-state index in [0.717, 1.165) is 5.56 Å². The van der Waals surface area contributed by atoms with Gasteiger partial charge in [0.15, 0.2) is 17.8 Å². The number of fused-ring (bicyclic) bond motifs is 1. The van der Waals surface area contributed by atoms with Gasteiger partial charge in [0.2, 0.25) is 0 Å². The zero-order chi connectivity index (χ0) is 11.8. The van der Waals surface area contributed by atoms with E-state index in [2.05, 4.69) is 16.7 Å². The second-order valence-electron chi connectivity index (χ2n) is 4.11. The number of hydrogen-bond donors (Lipinski definition) is 0. The summed E-state index contributed by atoms with van der Waals surface area (Å²) < 4.78 is 15.5. The second kappa shape index (κ2) is 3.80. The summed E-state index contributed by atoms with van der Waals surface area (Å²) in [4.78, 5) is 4.12. The summed E-state index contributed by atoms with van der Waals surface area (Å²) in [6.07, 6.45) is 0.915. The Kier molecular flexibility index (Phi) is 2.28. The molecule has 0 amide bonds. The van der Waals surface area contributed by atoms with Gasteiger partial charge in [0.05, 0.1) is 6.04 Å². The Hall–Kier alpha value is -1.97. The minimum atomic E-state index is -1.04. The minimum Gasteiger partial charge on any atom is -0.239 e. The number of nitrogens with zero attached hydrogens (tertiary/aromatic N) is 3. The first-order valence-corrected chi connectivity index (χ1v) is 5.57. The second-order valence-corrected chi connectivity index (χ2v) is 4.11. The Balaban J connectivity index is 2.06. The maximum Gasteiger partial charge on any atom is 0.173 e. The molecule has 0 radical (unpaired) electrons. The van der Waals surface area contributed by atoms with Gasteiger partial charge in [-0.25, -0.2) is 14.1 Å². The maximum absolute atomic E-state index is 13.8. The maximum atomic E-state index is 13.8. The largest absolute Gasteiger partial charge is 0.239 e. The van der Waals surface area contributed by atoms with Crippen molar-refractivity contribution in [3.8, 4) is 0 Å². The van der Waals surface area contributed by atoms with Gasteiger partial charge < -0.3 is 0 Å². The van der Waals surface area contributed by atoms with Crippen molar-refractivity contribution in [1.82, 2.24) is 14.8 Å². The first-order valence-electron chi connectivity index (χ1n) is 5.57. The van der Waals surface area contributed by atoms with Crippen molar-refractivity contribution >= 4 is 6.08 Å². The van der Waals surface area contributed by atoms with Crippen molar-refractivity contribution in [2.24, 2.45) is 0 Å². The van der Waals surface area contributed by atoms with E-state index in [1.807, 2.05) is 30.3 Å². The highest BCUT2D eigenvalue weighted by Gasteiger charge is 2.34. The fourth-order valence-corrected chi connectivity index (χ4v) is 2.24. The molecule has 0 saturated heterocycles. The van der Waals surface area contributed by atoms with Crippen molar-refractivity contribution in [2.45, 2.75) is 18.6 Å². The molecule has 0 bridgehead atoms. The third-order valence-corrected chi connectivity index (χ3v) is 3.05. The number of hydrogen-bond acceptors (Lipinski definition) is 2. The molecular weight excluding hydrogens is 217 g/mol. The van der Waals surface area contributed by atoms with Crippen LogP contribution in [-0.2, 0) is 0 Å². The smallest absolute Gasteiger partial charge is 0.173 e. The topological polar surface area (TPSA) is 30.7 Å². The van der Waals surface area contributed by atoms with E-state index in [9.17, 15) is 4.39 Å². The van der Waals surface area contributed by atoms with Gasteiger partial charge >= 0.3 is 0 Å². The molecule has 0 fully saturated rings. The predicted octanol–water partition coefficient (Wildman–Crippen LogP) is 2.92. The van der Waals surface area contributed by atoms with E-state index < -0.39 is 6.17 Å². The number of alkyl halides is 1. The molecule has 1 aliphatic heterocycles. The number of halogens is 1. The van der Waals surface area contributed by atoms with E-state index in [4.69, 9.17) is 0 Å². The third kappa shape index (κ3) is 1.56. The van der Waals surface area contributed by atoms with Crippen molar-refractivity contribution in [3.05, 3.63) is 54.1 Å². The van der Waals surface area contributed by atoms with E-state index in [0.29, 0.717) is 18.1 Å². The Morgan fingerprint density at radius 2 is 2.12 bits per heavy atom. The highest BCUT2D eigenvalue weighted by atomic mass is 19.1. The van der Waals surface area contributed by atoms with Crippen LogP contribution in [0, 0.1) is 0 Å². The van der Waals surface area contributed by atoms with E-state index in [1.54, 1.807) is 10.8 Å². The first-order chi connectivity index (χ1) is 8.29. The van der Waals surface area contributed by atoms with Crippen molar-refractivity contribution in [2.75, 3.05) is 0 Å². The normalized spacial score (nSPS) is 22.4. The van der Waals surface area contributed by atoms with Crippen LogP contribution in [0.25, 0.3) is 6.08 Å². The Labute approximate surface area is 98.6 Å². The van der Waals surface area contributed by atoms with Crippen LogP contribution >= 0.6 is 0 Å². The van der Waals surface area contributed by atoms with Gasteiger partial charge in [-0.3, -0.25) is 0 Å². The van der Waals surface area contributed by atoms with Crippen LogP contribution < -0.4 is 0 Å². The molecule has 0 aliphatic carbocycles. The van der Waals surface area contributed by atoms with Gasteiger partial charge in [0.1, 0.15) is 0 Å². The van der Waals surface area contributed by atoms with E-state index in [-0.39, 0.29) is 6.04 Å². The van der Waals surface area contributed by atoms with Gasteiger partial charge in [-0.2, -0.15) is 5.10 Å². The van der Waals surface area contributed by atoms with Gasteiger partial charge in [-0.1, -0.05) is 36.9 Å². The summed E-state index contributed by atoms with van der Waals surface area (Å²) in [5.74, 6) is 0.900. The molecule has 4 heteroatoms. The van der Waals surface area contributed by atoms with Crippen LogP contribution in [0.2, 0.25) is 0 Å². The molecule has 2 atom stereocenters. The molecule has 17 heavy (non-hydrogen) atoms. The van der Waals surface area contributed by atoms with E-state index >= 15 is 0 Å². The zero-order valence-corrected chi connectivity index (χ0v) is 9.25. The van der Waals surface area contributed by atoms with Gasteiger partial charge in [-0.05, 0) is 11.6 Å². The molecule has 0 saturated carbocycles. The molecule has 1 aromatic carbocycles. The number of aromatic nitrogens is 3. The molecular formula is C13H12FN3. The number of rotatable bonds is 2. The summed E-state index contributed by atoms with van der Waals surface area (Å²) in [6.45, 7) is 3.61. The van der Waals surface area contributed by atoms with Crippen LogP contribution in [0.4, 0.5) is 4.39 Å². The van der Waals surface area contributed by atoms with Gasteiger partial charge in [-0.15, -0.1) is 0 Å². The predicted molar refractivity (Wildman–Crippen MR) is 63.2 cm³/mol. The van der Waals surface area contributed by atoms with Crippen LogP contribution in [0.1, 0.15) is 35.8 Å². The summed E-state index contributed by atoms with van der Waals surface area (Å²) in [5.41, 5.74) is 1.06. The lowest BCUT2D eigenvalue weighted by Crippen LogP contribution is -2.07. The molecule has 0 spiro atoms. The van der Waals surface area contributed by atoms with Crippen LogP contribution in [0.5, 0.6) is 0 Å². The number of benzene rings is 1. The van der Waals surface area contributed by atoms with Gasteiger partial charge in [0.25, 0.3) is 0 Å².